The Bertz CT molecular complexity index is 1350. The average Bonchev–Trinajstić information content (AvgIpc) is 3.30. The molecular formula is C28H30ClFN2O3S. The molecule has 1 unspecified atom stereocenters. The number of Topliss-reactive ketones (excluding diaryl/α,β-unsaturated/α-hetero) is 1. The molecule has 8 heteroatoms. The van der Waals surface area contributed by atoms with Crippen LogP contribution in [0, 0.1) is 12.7 Å². The third-order valence-corrected chi connectivity index (χ3v) is 6.60. The van der Waals surface area contributed by atoms with Crippen molar-refractivity contribution in [2.45, 2.75) is 31.7 Å². The molecule has 0 saturated heterocycles. The van der Waals surface area contributed by atoms with Gasteiger partial charge in [0.05, 0.1) is 14.2 Å². The number of aryl methyl sites for hydroxylation is 1. The molecule has 4 aromatic rings. The fourth-order valence-electron chi connectivity index (χ4n) is 3.88. The van der Waals surface area contributed by atoms with Gasteiger partial charge in [-0.2, -0.15) is 0 Å². The highest BCUT2D eigenvalue weighted by Crippen LogP contribution is 2.36. The molecule has 1 heterocycles. The second kappa shape index (κ2) is 12.2. The second-order valence-electron chi connectivity index (χ2n) is 7.78. The van der Waals surface area contributed by atoms with E-state index in [9.17, 15) is 9.18 Å². The van der Waals surface area contributed by atoms with E-state index in [1.165, 1.54) is 13.2 Å². The van der Waals surface area contributed by atoms with E-state index in [4.69, 9.17) is 21.1 Å². The lowest BCUT2D eigenvalue weighted by atomic mass is 9.95. The molecule has 4 rings (SSSR count). The first kappa shape index (κ1) is 27.4. The number of nitrogens with one attached hydrogen (secondary N) is 2. The van der Waals surface area contributed by atoms with Crippen molar-refractivity contribution in [2.75, 3.05) is 25.8 Å². The average molecular weight is 529 g/mol. The van der Waals surface area contributed by atoms with Crippen LogP contribution in [-0.2, 0) is 0 Å². The van der Waals surface area contributed by atoms with Gasteiger partial charge in [-0.3, -0.25) is 4.79 Å². The number of H-pyrrole nitrogens is 1. The molecule has 0 aliphatic rings. The van der Waals surface area contributed by atoms with Crippen molar-refractivity contribution in [1.82, 2.24) is 4.98 Å². The summed E-state index contributed by atoms with van der Waals surface area (Å²) in [6.07, 6.45) is 3.58. The maximum atomic E-state index is 14.1. The predicted octanol–water partition coefficient (Wildman–Crippen LogP) is 8.07. The molecule has 0 radical (unpaired) electrons. The van der Waals surface area contributed by atoms with Crippen molar-refractivity contribution in [3.05, 3.63) is 82.3 Å². The molecule has 0 aliphatic carbocycles. The Morgan fingerprint density at radius 1 is 1.08 bits per heavy atom. The fraction of sp³-hybridized carbons (Fsp3) is 0.250. The van der Waals surface area contributed by atoms with Crippen LogP contribution in [0.5, 0.6) is 11.5 Å². The van der Waals surface area contributed by atoms with E-state index in [1.54, 1.807) is 56.3 Å². The zero-order valence-corrected chi connectivity index (χ0v) is 22.7. The molecular weight excluding hydrogens is 499 g/mol. The molecule has 0 spiro atoms. The van der Waals surface area contributed by atoms with Gasteiger partial charge in [0.1, 0.15) is 23.4 Å². The number of ether oxygens (including phenoxy) is 2. The Morgan fingerprint density at radius 3 is 2.50 bits per heavy atom. The van der Waals surface area contributed by atoms with Crippen LogP contribution in [0.25, 0.3) is 10.9 Å². The van der Waals surface area contributed by atoms with Crippen molar-refractivity contribution in [1.29, 1.82) is 0 Å². The zero-order chi connectivity index (χ0) is 26.4. The van der Waals surface area contributed by atoms with Crippen molar-refractivity contribution in [2.24, 2.45) is 0 Å². The van der Waals surface area contributed by atoms with Gasteiger partial charge >= 0.3 is 0 Å². The minimum atomic E-state index is -0.807. The lowest BCUT2D eigenvalue weighted by molar-refractivity contribution is 0.0970. The molecule has 5 nitrogen and oxygen atoms in total. The van der Waals surface area contributed by atoms with Gasteiger partial charge in [-0.05, 0) is 55.1 Å². The number of thioether (sulfide) groups is 1. The van der Waals surface area contributed by atoms with Crippen LogP contribution >= 0.6 is 23.4 Å². The maximum absolute atomic E-state index is 14.1. The Balaban J connectivity index is 0.00000176. The van der Waals surface area contributed by atoms with Gasteiger partial charge in [0.25, 0.3) is 0 Å². The summed E-state index contributed by atoms with van der Waals surface area (Å²) < 4.78 is 25.1. The minimum Gasteiger partial charge on any atom is -0.497 e. The van der Waals surface area contributed by atoms with Crippen molar-refractivity contribution < 1.29 is 18.7 Å². The zero-order valence-electron chi connectivity index (χ0n) is 21.2. The normalized spacial score (nSPS) is 11.4. The molecule has 0 saturated carbocycles. The number of methoxy groups -OCH3 is 2. The summed E-state index contributed by atoms with van der Waals surface area (Å²) in [6, 6.07) is 13.1. The van der Waals surface area contributed by atoms with Crippen LogP contribution in [0.3, 0.4) is 0 Å². The van der Waals surface area contributed by atoms with Gasteiger partial charge in [0.2, 0.25) is 0 Å². The van der Waals surface area contributed by atoms with Crippen LogP contribution in [-0.4, -0.2) is 31.2 Å². The summed E-state index contributed by atoms with van der Waals surface area (Å²) >= 11 is 7.75. The Morgan fingerprint density at radius 2 is 1.83 bits per heavy atom. The van der Waals surface area contributed by atoms with E-state index in [2.05, 4.69) is 10.3 Å². The highest BCUT2D eigenvalue weighted by molar-refractivity contribution is 7.98. The van der Waals surface area contributed by atoms with E-state index in [0.717, 1.165) is 4.90 Å². The van der Waals surface area contributed by atoms with E-state index >= 15 is 0 Å². The molecule has 2 N–H and O–H groups in total. The number of halogens is 2. The molecule has 1 aromatic heterocycles. The topological polar surface area (TPSA) is 63.3 Å². The molecule has 0 fully saturated rings. The number of carbonyl (C=O) groups is 1. The van der Waals surface area contributed by atoms with Gasteiger partial charge in [-0.15, -0.1) is 11.8 Å². The Labute approximate surface area is 220 Å². The summed E-state index contributed by atoms with van der Waals surface area (Å²) in [5, 5.41) is 4.51. The van der Waals surface area contributed by atoms with Gasteiger partial charge < -0.3 is 19.8 Å². The fourth-order valence-corrected chi connectivity index (χ4v) is 4.52. The van der Waals surface area contributed by atoms with Crippen molar-refractivity contribution >= 4 is 45.7 Å². The van der Waals surface area contributed by atoms with Crippen molar-refractivity contribution in [3.8, 4) is 11.5 Å². The Kier molecular flexibility index (Phi) is 9.29. The number of anilines is 1. The van der Waals surface area contributed by atoms with Crippen molar-refractivity contribution in [3.63, 3.8) is 0 Å². The molecule has 0 bridgehead atoms. The van der Waals surface area contributed by atoms with E-state index in [-0.39, 0.29) is 11.6 Å². The number of fused-ring (bicyclic) bond motifs is 1. The summed E-state index contributed by atoms with van der Waals surface area (Å²) in [7, 11) is 3.13. The van der Waals surface area contributed by atoms with Crippen LogP contribution in [0.2, 0.25) is 5.02 Å². The summed E-state index contributed by atoms with van der Waals surface area (Å²) in [5.74, 6) is 0.616. The summed E-state index contributed by atoms with van der Waals surface area (Å²) in [6.45, 7) is 5.67. The number of hydrogen-bond acceptors (Lipinski definition) is 5. The first-order valence-electron chi connectivity index (χ1n) is 11.5. The second-order valence-corrected chi connectivity index (χ2v) is 9.09. The number of benzene rings is 3. The highest BCUT2D eigenvalue weighted by Gasteiger charge is 2.28. The summed E-state index contributed by atoms with van der Waals surface area (Å²) in [5.41, 5.74) is 2.80. The number of carbonyl (C=O) groups excluding carboxylic acids is 1. The first-order valence-corrected chi connectivity index (χ1v) is 13.1. The van der Waals surface area contributed by atoms with E-state index in [0.29, 0.717) is 49.8 Å². The third-order valence-electron chi connectivity index (χ3n) is 5.66. The molecule has 190 valence electrons. The maximum Gasteiger partial charge on any atom is 0.191 e. The number of aromatic nitrogens is 1. The molecule has 36 heavy (non-hydrogen) atoms. The third kappa shape index (κ3) is 5.79. The number of aromatic amines is 1. The largest absolute Gasteiger partial charge is 0.497 e. The molecule has 0 aliphatic heterocycles. The monoisotopic (exact) mass is 528 g/mol. The molecule has 0 amide bonds. The standard InChI is InChI=1S/C26H24ClFN2O3S.C2H6/c1-14-7-20-21(13-29-23(20)12-22(14)28)26(31)25(19-6-5-15(27)8-24(19)33-3)30-16-9-17(32-2)11-18(10-16)34-4;1-2/h5-13,25,29-30H,1-4H3;1-2H3. The number of ketones is 1. The Hall–Kier alpha value is -3.16. The number of hydrogen-bond donors (Lipinski definition) is 2. The van der Waals surface area contributed by atoms with Gasteiger partial charge in [-0.1, -0.05) is 31.5 Å². The first-order chi connectivity index (χ1) is 17.3. The van der Waals surface area contributed by atoms with Gasteiger partial charge in [0, 0.05) is 49.9 Å². The number of rotatable bonds is 8. The molecule has 1 atom stereocenters. The molecule has 3 aromatic carbocycles. The summed E-state index contributed by atoms with van der Waals surface area (Å²) in [4.78, 5) is 18.0. The predicted molar refractivity (Wildman–Crippen MR) is 148 cm³/mol. The van der Waals surface area contributed by atoms with Crippen LogP contribution in [0.4, 0.5) is 10.1 Å². The smallest absolute Gasteiger partial charge is 0.191 e. The van der Waals surface area contributed by atoms with Crippen LogP contribution in [0.1, 0.15) is 41.4 Å². The lowest BCUT2D eigenvalue weighted by Crippen LogP contribution is -2.22. The van der Waals surface area contributed by atoms with Crippen LogP contribution < -0.4 is 14.8 Å². The van der Waals surface area contributed by atoms with E-state index < -0.39 is 6.04 Å². The van der Waals surface area contributed by atoms with Gasteiger partial charge in [-0.25, -0.2) is 4.39 Å². The lowest BCUT2D eigenvalue weighted by Gasteiger charge is -2.22. The highest BCUT2D eigenvalue weighted by atomic mass is 35.5. The minimum absolute atomic E-state index is 0.202. The van der Waals surface area contributed by atoms with Crippen LogP contribution in [0.15, 0.2) is 59.6 Å². The van der Waals surface area contributed by atoms with E-state index in [1.807, 2.05) is 38.3 Å². The quantitative estimate of drug-likeness (QED) is 0.179. The SMILES string of the molecule is CC.COc1cc(NC(C(=O)c2c[nH]c3cc(F)c(C)cc23)c2ccc(Cl)cc2OC)cc(SC)c1. The van der Waals surface area contributed by atoms with Gasteiger partial charge in [0.15, 0.2) is 5.78 Å².